The molecule has 0 bridgehead atoms. The van der Waals surface area contributed by atoms with Crippen LogP contribution in [0.5, 0.6) is 0 Å². The summed E-state index contributed by atoms with van der Waals surface area (Å²) in [4.78, 5) is 26.8. The van der Waals surface area contributed by atoms with Crippen molar-refractivity contribution in [2.45, 2.75) is 19.4 Å². The van der Waals surface area contributed by atoms with Gasteiger partial charge in [0.25, 0.3) is 5.91 Å². The normalized spacial score (nSPS) is 16.6. The van der Waals surface area contributed by atoms with Gasteiger partial charge < -0.3 is 9.64 Å². The molecule has 4 nitrogen and oxygen atoms in total. The van der Waals surface area contributed by atoms with Gasteiger partial charge in [0.05, 0.1) is 0 Å². The molecule has 118 valence electrons. The Morgan fingerprint density at radius 1 is 1.30 bits per heavy atom. The highest BCUT2D eigenvalue weighted by atomic mass is 32.1. The lowest BCUT2D eigenvalue weighted by molar-refractivity contribution is -0.143. The number of carbonyl (C=O) groups is 2. The number of thiophene rings is 1. The quantitative estimate of drug-likeness (QED) is 0.639. The summed E-state index contributed by atoms with van der Waals surface area (Å²) < 4.78 is 5.07. The SMILES string of the molecule is C[C@@H]1Cc2ccccc2N1C(=O)COC(=O)/C=C/c1cccs1. The number of esters is 1. The zero-order valence-electron chi connectivity index (χ0n) is 12.8. The molecule has 0 aliphatic carbocycles. The van der Waals surface area contributed by atoms with Crippen molar-refractivity contribution >= 4 is 35.0 Å². The van der Waals surface area contributed by atoms with Gasteiger partial charge in [-0.1, -0.05) is 24.3 Å². The van der Waals surface area contributed by atoms with Gasteiger partial charge >= 0.3 is 5.97 Å². The van der Waals surface area contributed by atoms with Crippen LogP contribution in [0.3, 0.4) is 0 Å². The molecule has 0 spiro atoms. The molecule has 0 radical (unpaired) electrons. The number of carbonyl (C=O) groups excluding carboxylic acids is 2. The Kier molecular flexibility index (Phi) is 4.57. The predicted octanol–water partition coefficient (Wildman–Crippen LogP) is 3.28. The summed E-state index contributed by atoms with van der Waals surface area (Å²) in [6.07, 6.45) is 3.86. The van der Waals surface area contributed by atoms with Crippen molar-refractivity contribution in [1.82, 2.24) is 0 Å². The minimum absolute atomic E-state index is 0.0836. The average Bonchev–Trinajstić information content (AvgIpc) is 3.17. The van der Waals surface area contributed by atoms with Crippen molar-refractivity contribution in [1.29, 1.82) is 0 Å². The van der Waals surface area contributed by atoms with Crippen LogP contribution in [-0.2, 0) is 20.7 Å². The average molecular weight is 327 g/mol. The highest BCUT2D eigenvalue weighted by Gasteiger charge is 2.30. The molecule has 3 rings (SSSR count). The minimum atomic E-state index is -0.508. The van der Waals surface area contributed by atoms with Crippen molar-refractivity contribution in [3.8, 4) is 0 Å². The molecule has 0 unspecified atom stereocenters. The molecule has 1 amide bonds. The van der Waals surface area contributed by atoms with E-state index in [0.29, 0.717) is 0 Å². The van der Waals surface area contributed by atoms with E-state index in [1.54, 1.807) is 11.0 Å². The number of ether oxygens (including phenoxy) is 1. The minimum Gasteiger partial charge on any atom is -0.452 e. The van der Waals surface area contributed by atoms with Crippen LogP contribution < -0.4 is 4.90 Å². The summed E-state index contributed by atoms with van der Waals surface area (Å²) in [7, 11) is 0. The van der Waals surface area contributed by atoms with E-state index >= 15 is 0 Å². The van der Waals surface area contributed by atoms with Gasteiger partial charge in [-0.25, -0.2) is 4.79 Å². The third-order valence-corrected chi connectivity index (χ3v) is 4.58. The van der Waals surface area contributed by atoms with Gasteiger partial charge in [-0.15, -0.1) is 11.3 Å². The van der Waals surface area contributed by atoms with E-state index in [4.69, 9.17) is 4.74 Å². The third kappa shape index (κ3) is 3.51. The number of hydrogen-bond donors (Lipinski definition) is 0. The second kappa shape index (κ2) is 6.79. The molecule has 1 atom stereocenters. The second-order valence-corrected chi connectivity index (χ2v) is 6.38. The Balaban J connectivity index is 1.58. The summed E-state index contributed by atoms with van der Waals surface area (Å²) in [5.41, 5.74) is 2.06. The number of rotatable bonds is 4. The van der Waals surface area contributed by atoms with Crippen molar-refractivity contribution in [2.24, 2.45) is 0 Å². The smallest absolute Gasteiger partial charge is 0.331 e. The standard InChI is InChI=1S/C18H17NO3S/c1-13-11-14-5-2-3-7-16(14)19(13)17(20)12-22-18(21)9-8-15-6-4-10-23-15/h2-10,13H,11-12H2,1H3/b9-8+/t13-/m1/s1. The predicted molar refractivity (Wildman–Crippen MR) is 91.4 cm³/mol. The first-order chi connectivity index (χ1) is 11.1. The molecule has 0 saturated heterocycles. The van der Waals surface area contributed by atoms with E-state index in [-0.39, 0.29) is 18.6 Å². The summed E-state index contributed by atoms with van der Waals surface area (Å²) in [6, 6.07) is 11.7. The topological polar surface area (TPSA) is 46.6 Å². The molecule has 1 aromatic heterocycles. The van der Waals surface area contributed by atoms with Gasteiger partial charge in [0.15, 0.2) is 6.61 Å². The van der Waals surface area contributed by atoms with Gasteiger partial charge in [0.1, 0.15) is 0 Å². The van der Waals surface area contributed by atoms with Crippen LogP contribution in [0, 0.1) is 0 Å². The van der Waals surface area contributed by atoms with E-state index in [9.17, 15) is 9.59 Å². The number of para-hydroxylation sites is 1. The maximum atomic E-state index is 12.4. The Labute approximate surface area is 139 Å². The van der Waals surface area contributed by atoms with Crippen molar-refractivity contribution in [3.05, 3.63) is 58.3 Å². The maximum Gasteiger partial charge on any atom is 0.331 e. The molecule has 1 aromatic carbocycles. The molecule has 0 fully saturated rings. The maximum absolute atomic E-state index is 12.4. The summed E-state index contributed by atoms with van der Waals surface area (Å²) in [5, 5.41) is 1.93. The Morgan fingerprint density at radius 2 is 2.13 bits per heavy atom. The molecular formula is C18H17NO3S. The van der Waals surface area contributed by atoms with Crippen LogP contribution in [0.25, 0.3) is 6.08 Å². The molecule has 0 N–H and O–H groups in total. The van der Waals surface area contributed by atoms with Crippen LogP contribution in [0.1, 0.15) is 17.4 Å². The van der Waals surface area contributed by atoms with Gasteiger partial charge in [-0.05, 0) is 42.5 Å². The zero-order chi connectivity index (χ0) is 16.2. The van der Waals surface area contributed by atoms with Gasteiger partial charge in [-0.3, -0.25) is 4.79 Å². The van der Waals surface area contributed by atoms with Gasteiger partial charge in [0.2, 0.25) is 0 Å². The van der Waals surface area contributed by atoms with E-state index in [0.717, 1.165) is 22.5 Å². The highest BCUT2D eigenvalue weighted by Crippen LogP contribution is 2.31. The molecule has 1 aliphatic heterocycles. The summed E-state index contributed by atoms with van der Waals surface area (Å²) >= 11 is 1.53. The highest BCUT2D eigenvalue weighted by molar-refractivity contribution is 7.10. The fourth-order valence-electron chi connectivity index (χ4n) is 2.73. The summed E-state index contributed by atoms with van der Waals surface area (Å²) in [5.74, 6) is -0.702. The van der Waals surface area contributed by atoms with Crippen LogP contribution in [0.4, 0.5) is 5.69 Å². The molecule has 2 aromatic rings. The fraction of sp³-hybridized carbons (Fsp3) is 0.222. The Bertz CT molecular complexity index is 736. The Morgan fingerprint density at radius 3 is 2.91 bits per heavy atom. The number of fused-ring (bicyclic) bond motifs is 1. The van der Waals surface area contributed by atoms with Crippen molar-refractivity contribution in [3.63, 3.8) is 0 Å². The molecule has 1 aliphatic rings. The fourth-order valence-corrected chi connectivity index (χ4v) is 3.35. The molecular weight excluding hydrogens is 310 g/mol. The van der Waals surface area contributed by atoms with E-state index in [1.807, 2.05) is 48.7 Å². The lowest BCUT2D eigenvalue weighted by Gasteiger charge is -2.22. The van der Waals surface area contributed by atoms with Crippen molar-refractivity contribution < 1.29 is 14.3 Å². The Hall–Kier alpha value is -2.40. The number of benzene rings is 1. The van der Waals surface area contributed by atoms with Gasteiger partial charge in [-0.2, -0.15) is 0 Å². The van der Waals surface area contributed by atoms with Gasteiger partial charge in [0, 0.05) is 22.7 Å². The first-order valence-corrected chi connectivity index (χ1v) is 8.31. The number of anilines is 1. The molecule has 0 saturated carbocycles. The van der Waals surface area contributed by atoms with E-state index < -0.39 is 5.97 Å². The lowest BCUT2D eigenvalue weighted by Crippen LogP contribution is -2.38. The largest absolute Gasteiger partial charge is 0.452 e. The van der Waals surface area contributed by atoms with Crippen LogP contribution in [0.2, 0.25) is 0 Å². The molecule has 23 heavy (non-hydrogen) atoms. The number of hydrogen-bond acceptors (Lipinski definition) is 4. The first-order valence-electron chi connectivity index (χ1n) is 7.43. The number of amides is 1. The zero-order valence-corrected chi connectivity index (χ0v) is 13.6. The molecule has 2 heterocycles. The monoisotopic (exact) mass is 327 g/mol. The van der Waals surface area contributed by atoms with E-state index in [1.165, 1.54) is 17.4 Å². The lowest BCUT2D eigenvalue weighted by atomic mass is 10.1. The summed E-state index contributed by atoms with van der Waals surface area (Å²) in [6.45, 7) is 1.75. The second-order valence-electron chi connectivity index (χ2n) is 5.40. The van der Waals surface area contributed by atoms with Crippen LogP contribution in [0.15, 0.2) is 47.9 Å². The van der Waals surface area contributed by atoms with Crippen molar-refractivity contribution in [2.75, 3.05) is 11.5 Å². The third-order valence-electron chi connectivity index (χ3n) is 3.74. The first kappa shape index (κ1) is 15.5. The number of nitrogens with zero attached hydrogens (tertiary/aromatic N) is 1. The van der Waals surface area contributed by atoms with Crippen LogP contribution >= 0.6 is 11.3 Å². The molecule has 5 heteroatoms. The van der Waals surface area contributed by atoms with E-state index in [2.05, 4.69) is 0 Å². The van der Waals surface area contributed by atoms with Crippen LogP contribution in [-0.4, -0.2) is 24.5 Å².